The van der Waals surface area contributed by atoms with Crippen molar-refractivity contribution in [3.63, 3.8) is 0 Å². The Labute approximate surface area is 160 Å². The molecule has 0 aromatic heterocycles. The molecule has 0 bridgehead atoms. The minimum atomic E-state index is -0.413. The maximum absolute atomic E-state index is 12.0. The van der Waals surface area contributed by atoms with Crippen molar-refractivity contribution in [1.82, 2.24) is 5.32 Å². The van der Waals surface area contributed by atoms with Gasteiger partial charge in [0.1, 0.15) is 22.5 Å². The number of nitrogens with one attached hydrogen (secondary N) is 1. The maximum Gasteiger partial charge on any atom is 0.286 e. The van der Waals surface area contributed by atoms with Crippen LogP contribution in [0.5, 0.6) is 17.2 Å². The van der Waals surface area contributed by atoms with Crippen LogP contribution in [0.2, 0.25) is 5.02 Å². The van der Waals surface area contributed by atoms with Crippen LogP contribution in [0, 0.1) is 6.92 Å². The Balaban J connectivity index is 1.60. The molecule has 1 N–H and O–H groups in total. The summed E-state index contributed by atoms with van der Waals surface area (Å²) in [6, 6.07) is 11.1. The van der Waals surface area contributed by atoms with Gasteiger partial charge in [0.15, 0.2) is 0 Å². The highest BCUT2D eigenvalue weighted by Crippen LogP contribution is 2.43. The molecule has 0 aliphatic carbocycles. The van der Waals surface area contributed by atoms with E-state index in [1.165, 1.54) is 0 Å². The number of imide groups is 1. The lowest BCUT2D eigenvalue weighted by molar-refractivity contribution is -0.119. The highest BCUT2D eigenvalue weighted by atomic mass is 35.5. The van der Waals surface area contributed by atoms with Gasteiger partial charge in [0, 0.05) is 12.0 Å². The van der Waals surface area contributed by atoms with Crippen LogP contribution in [0.25, 0.3) is 0 Å². The number of hydrogen-bond acceptors (Lipinski definition) is 5. The summed E-state index contributed by atoms with van der Waals surface area (Å²) in [6.07, 6.45) is 0.690. The molecule has 2 atom stereocenters. The van der Waals surface area contributed by atoms with E-state index in [9.17, 15) is 9.59 Å². The molecule has 2 aromatic carbocycles. The fourth-order valence-corrected chi connectivity index (χ4v) is 4.50. The van der Waals surface area contributed by atoms with E-state index in [0.717, 1.165) is 22.9 Å². The van der Waals surface area contributed by atoms with E-state index in [1.807, 2.05) is 37.3 Å². The number of carbonyl (C=O) groups excluding carboxylic acids is 2. The normalized spacial score (nSPS) is 21.8. The van der Waals surface area contributed by atoms with Gasteiger partial charge in [0.2, 0.25) is 5.91 Å². The largest absolute Gasteiger partial charge is 0.493 e. The molecule has 0 saturated carbocycles. The van der Waals surface area contributed by atoms with Crippen molar-refractivity contribution in [3.8, 4) is 17.2 Å². The molecule has 4 rings (SSSR count). The van der Waals surface area contributed by atoms with Crippen molar-refractivity contribution in [2.75, 3.05) is 6.61 Å². The number of amides is 2. The second kappa shape index (κ2) is 6.85. The first kappa shape index (κ1) is 17.2. The predicted octanol–water partition coefficient (Wildman–Crippen LogP) is 4.66. The molecular formula is C19H16ClNO4S. The summed E-state index contributed by atoms with van der Waals surface area (Å²) in [5.74, 6) is 1.56. The monoisotopic (exact) mass is 389 g/mol. The van der Waals surface area contributed by atoms with Crippen LogP contribution < -0.4 is 14.8 Å². The number of rotatable bonds is 3. The third-order valence-electron chi connectivity index (χ3n) is 4.47. The van der Waals surface area contributed by atoms with Gasteiger partial charge in [-0.3, -0.25) is 14.9 Å². The molecule has 2 aromatic rings. The van der Waals surface area contributed by atoms with Crippen LogP contribution >= 0.6 is 23.4 Å². The first-order valence-electron chi connectivity index (χ1n) is 8.23. The number of hydrogen-bond donors (Lipinski definition) is 1. The van der Waals surface area contributed by atoms with Gasteiger partial charge in [-0.1, -0.05) is 35.5 Å². The SMILES string of the molecule is Cc1ccc(Oc2ccc3c(c2)OCC[C@H]3C2SC(=O)NC2=O)c(Cl)c1. The minimum Gasteiger partial charge on any atom is -0.493 e. The fraction of sp³-hybridized carbons (Fsp3) is 0.263. The first-order valence-corrected chi connectivity index (χ1v) is 9.49. The predicted molar refractivity (Wildman–Crippen MR) is 100 cm³/mol. The van der Waals surface area contributed by atoms with E-state index in [4.69, 9.17) is 21.1 Å². The van der Waals surface area contributed by atoms with Crippen LogP contribution in [0.3, 0.4) is 0 Å². The second-order valence-electron chi connectivity index (χ2n) is 6.29. The number of thioether (sulfide) groups is 1. The van der Waals surface area contributed by atoms with E-state index in [-0.39, 0.29) is 17.1 Å². The second-order valence-corrected chi connectivity index (χ2v) is 7.82. The Bertz CT molecular complexity index is 901. The number of halogens is 1. The summed E-state index contributed by atoms with van der Waals surface area (Å²) < 4.78 is 11.6. The fourth-order valence-electron chi connectivity index (χ4n) is 3.23. The van der Waals surface area contributed by atoms with Crippen LogP contribution in [0.4, 0.5) is 4.79 Å². The highest BCUT2D eigenvalue weighted by Gasteiger charge is 2.40. The van der Waals surface area contributed by atoms with Gasteiger partial charge in [-0.05, 0) is 42.7 Å². The summed E-state index contributed by atoms with van der Waals surface area (Å²) in [5.41, 5.74) is 1.97. The molecule has 2 amide bonds. The van der Waals surface area contributed by atoms with Crippen molar-refractivity contribution < 1.29 is 19.1 Å². The zero-order chi connectivity index (χ0) is 18.3. The molecule has 7 heteroatoms. The van der Waals surface area contributed by atoms with Crippen molar-refractivity contribution in [3.05, 3.63) is 52.5 Å². The Morgan fingerprint density at radius 2 is 2.08 bits per heavy atom. The van der Waals surface area contributed by atoms with Crippen LogP contribution in [0.1, 0.15) is 23.5 Å². The topological polar surface area (TPSA) is 64.6 Å². The lowest BCUT2D eigenvalue weighted by Crippen LogP contribution is -2.31. The smallest absolute Gasteiger partial charge is 0.286 e. The van der Waals surface area contributed by atoms with E-state index in [0.29, 0.717) is 35.3 Å². The Kier molecular flexibility index (Phi) is 4.54. The molecule has 2 heterocycles. The Morgan fingerprint density at radius 1 is 1.23 bits per heavy atom. The summed E-state index contributed by atoms with van der Waals surface area (Å²) >= 11 is 7.28. The molecule has 5 nitrogen and oxygen atoms in total. The molecule has 26 heavy (non-hydrogen) atoms. The summed E-state index contributed by atoms with van der Waals surface area (Å²) in [4.78, 5) is 23.5. The molecule has 0 spiro atoms. The van der Waals surface area contributed by atoms with E-state index >= 15 is 0 Å². The summed E-state index contributed by atoms with van der Waals surface area (Å²) in [5, 5.41) is 2.19. The zero-order valence-electron chi connectivity index (χ0n) is 14.0. The Hall–Kier alpha value is -2.18. The lowest BCUT2D eigenvalue weighted by atomic mass is 9.89. The van der Waals surface area contributed by atoms with Crippen LogP contribution in [-0.2, 0) is 4.79 Å². The number of benzene rings is 2. The quantitative estimate of drug-likeness (QED) is 0.827. The maximum atomic E-state index is 12.0. The molecular weight excluding hydrogens is 374 g/mol. The zero-order valence-corrected chi connectivity index (χ0v) is 15.5. The first-order chi connectivity index (χ1) is 12.5. The van der Waals surface area contributed by atoms with Gasteiger partial charge in [0.25, 0.3) is 5.24 Å². The van der Waals surface area contributed by atoms with Gasteiger partial charge in [-0.2, -0.15) is 0 Å². The van der Waals surface area contributed by atoms with E-state index < -0.39 is 5.25 Å². The van der Waals surface area contributed by atoms with E-state index in [1.54, 1.807) is 6.07 Å². The van der Waals surface area contributed by atoms with Gasteiger partial charge >= 0.3 is 0 Å². The molecule has 2 aliphatic heterocycles. The molecule has 1 unspecified atom stereocenters. The minimum absolute atomic E-state index is 0.0628. The van der Waals surface area contributed by atoms with Crippen LogP contribution in [0.15, 0.2) is 36.4 Å². The summed E-state index contributed by atoms with van der Waals surface area (Å²) in [6.45, 7) is 2.45. The Morgan fingerprint density at radius 3 is 2.81 bits per heavy atom. The van der Waals surface area contributed by atoms with E-state index in [2.05, 4.69) is 5.32 Å². The van der Waals surface area contributed by atoms with Crippen molar-refractivity contribution >= 4 is 34.5 Å². The molecule has 1 fully saturated rings. The van der Waals surface area contributed by atoms with Crippen LogP contribution in [-0.4, -0.2) is 23.0 Å². The molecule has 134 valence electrons. The van der Waals surface area contributed by atoms with Gasteiger partial charge in [-0.15, -0.1) is 0 Å². The summed E-state index contributed by atoms with van der Waals surface area (Å²) in [7, 11) is 0. The number of aryl methyl sites for hydroxylation is 1. The number of fused-ring (bicyclic) bond motifs is 1. The number of carbonyl (C=O) groups is 2. The standard InChI is InChI=1S/C19H16ClNO4S/c1-10-2-5-15(14(20)8-10)25-11-3-4-12-13(6-7-24-16(12)9-11)17-18(22)21-19(23)26-17/h2-5,8-9,13,17H,6-7H2,1H3,(H,21,22,23)/t13-,17?/m1/s1. The average Bonchev–Trinajstić information content (AvgIpc) is 2.95. The lowest BCUT2D eigenvalue weighted by Gasteiger charge is -2.28. The number of ether oxygens (including phenoxy) is 2. The third kappa shape index (κ3) is 3.27. The van der Waals surface area contributed by atoms with Crippen molar-refractivity contribution in [2.24, 2.45) is 0 Å². The van der Waals surface area contributed by atoms with Crippen molar-refractivity contribution in [2.45, 2.75) is 24.5 Å². The average molecular weight is 390 g/mol. The van der Waals surface area contributed by atoms with Gasteiger partial charge in [0.05, 0.1) is 11.6 Å². The molecule has 0 radical (unpaired) electrons. The highest BCUT2D eigenvalue weighted by molar-refractivity contribution is 8.15. The third-order valence-corrected chi connectivity index (χ3v) is 5.88. The van der Waals surface area contributed by atoms with Gasteiger partial charge in [-0.25, -0.2) is 0 Å². The molecule has 2 aliphatic rings. The van der Waals surface area contributed by atoms with Crippen molar-refractivity contribution in [1.29, 1.82) is 0 Å². The van der Waals surface area contributed by atoms with Gasteiger partial charge < -0.3 is 9.47 Å². The molecule has 1 saturated heterocycles.